The van der Waals surface area contributed by atoms with Crippen molar-refractivity contribution in [2.24, 2.45) is 0 Å². The first-order chi connectivity index (χ1) is 19.8. The first kappa shape index (κ1) is 28.0. The molecule has 3 aromatic rings. The van der Waals surface area contributed by atoms with Crippen LogP contribution in [0.3, 0.4) is 0 Å². The summed E-state index contributed by atoms with van der Waals surface area (Å²) in [5, 5.41) is 14.6. The molecule has 2 aliphatic rings. The van der Waals surface area contributed by atoms with Crippen molar-refractivity contribution in [3.8, 4) is 5.69 Å². The lowest BCUT2D eigenvalue weighted by Crippen LogP contribution is -2.62. The zero-order valence-corrected chi connectivity index (χ0v) is 23.1. The maximum Gasteiger partial charge on any atom is 0.409 e. The van der Waals surface area contributed by atoms with Gasteiger partial charge in [-0.2, -0.15) is 4.68 Å². The number of methoxy groups -OCH3 is 1. The molecule has 0 saturated carbocycles. The molecule has 0 spiro atoms. The molecule has 41 heavy (non-hydrogen) atoms. The van der Waals surface area contributed by atoms with E-state index >= 15 is 0 Å². The van der Waals surface area contributed by atoms with Crippen LogP contribution in [-0.2, 0) is 25.5 Å². The van der Waals surface area contributed by atoms with E-state index in [4.69, 9.17) is 16.3 Å². The van der Waals surface area contributed by atoms with Crippen molar-refractivity contribution in [3.63, 3.8) is 0 Å². The number of tetrazole rings is 1. The van der Waals surface area contributed by atoms with Crippen LogP contribution in [0.1, 0.15) is 18.4 Å². The molecule has 4 amide bonds. The van der Waals surface area contributed by atoms with Gasteiger partial charge in [0.05, 0.1) is 18.5 Å². The third-order valence-electron chi connectivity index (χ3n) is 7.27. The Hall–Kier alpha value is -4.52. The average molecular weight is 581 g/mol. The molecule has 2 aliphatic heterocycles. The Bertz CT molecular complexity index is 1410. The van der Waals surface area contributed by atoms with Crippen molar-refractivity contribution < 1.29 is 23.9 Å². The van der Waals surface area contributed by atoms with Gasteiger partial charge in [-0.05, 0) is 47.0 Å². The highest BCUT2D eigenvalue weighted by Crippen LogP contribution is 2.30. The monoisotopic (exact) mass is 580 g/mol. The predicted octanol–water partition coefficient (Wildman–Crippen LogP) is 1.45. The van der Waals surface area contributed by atoms with Crippen LogP contribution in [0.15, 0.2) is 54.9 Å². The standard InChI is InChI=1S/C27H29ClN8O5/c1-41-27(40)33-11-9-20(10-12-33)30-26(39)23(13-18-5-3-2-4-6-18)35-16-24(37)34(15-25(35)38)22-14-19(28)7-8-21(22)36-17-29-31-32-36/h2-8,14,17,20,23H,9-13,15-16H2,1H3,(H,30,39). The van der Waals surface area contributed by atoms with E-state index in [1.807, 2.05) is 30.3 Å². The van der Waals surface area contributed by atoms with Crippen LogP contribution in [0.25, 0.3) is 5.69 Å². The lowest BCUT2D eigenvalue weighted by atomic mass is 10.00. The molecule has 3 heterocycles. The second kappa shape index (κ2) is 12.3. The zero-order chi connectivity index (χ0) is 28.9. The molecule has 1 aromatic heterocycles. The van der Waals surface area contributed by atoms with Crippen LogP contribution >= 0.6 is 11.6 Å². The van der Waals surface area contributed by atoms with Crippen LogP contribution in [0.2, 0.25) is 5.02 Å². The number of rotatable bonds is 7. The van der Waals surface area contributed by atoms with Crippen LogP contribution in [0.5, 0.6) is 0 Å². The summed E-state index contributed by atoms with van der Waals surface area (Å²) in [6, 6.07) is 13.1. The second-order valence-corrected chi connectivity index (χ2v) is 10.3. The molecule has 5 rings (SSSR count). The summed E-state index contributed by atoms with van der Waals surface area (Å²) in [5.41, 5.74) is 1.71. The highest BCUT2D eigenvalue weighted by Gasteiger charge is 2.39. The van der Waals surface area contributed by atoms with Gasteiger partial charge in [0.15, 0.2) is 0 Å². The Morgan fingerprint density at radius 3 is 2.49 bits per heavy atom. The minimum Gasteiger partial charge on any atom is -0.453 e. The molecule has 2 saturated heterocycles. The number of nitrogens with zero attached hydrogens (tertiary/aromatic N) is 7. The molecule has 2 fully saturated rings. The van der Waals surface area contributed by atoms with Gasteiger partial charge in [0.25, 0.3) is 0 Å². The van der Waals surface area contributed by atoms with E-state index in [9.17, 15) is 19.2 Å². The highest BCUT2D eigenvalue weighted by atomic mass is 35.5. The molecular formula is C27H29ClN8O5. The SMILES string of the molecule is COC(=O)N1CCC(NC(=O)C(Cc2ccccc2)N2CC(=O)N(c3cc(Cl)ccc3-n3cnnn3)CC2=O)CC1. The number of carbonyl (C=O) groups excluding carboxylic acids is 4. The molecule has 1 unspecified atom stereocenters. The second-order valence-electron chi connectivity index (χ2n) is 9.83. The van der Waals surface area contributed by atoms with Crippen molar-refractivity contribution >= 4 is 41.1 Å². The molecule has 0 aliphatic carbocycles. The maximum atomic E-state index is 13.7. The van der Waals surface area contributed by atoms with Crippen LogP contribution in [0, 0.1) is 0 Å². The number of anilines is 1. The number of halogens is 1. The molecule has 0 radical (unpaired) electrons. The fraction of sp³-hybridized carbons (Fsp3) is 0.370. The van der Waals surface area contributed by atoms with Crippen molar-refractivity contribution in [1.29, 1.82) is 0 Å². The maximum absolute atomic E-state index is 13.7. The van der Waals surface area contributed by atoms with Crippen molar-refractivity contribution in [3.05, 3.63) is 65.4 Å². The van der Waals surface area contributed by atoms with Crippen LogP contribution in [-0.4, -0.2) is 99.2 Å². The Kier molecular flexibility index (Phi) is 8.43. The van der Waals surface area contributed by atoms with E-state index in [0.29, 0.717) is 42.3 Å². The number of amides is 4. The number of likely N-dealkylation sites (tertiary alicyclic amines) is 1. The average Bonchev–Trinajstić information content (AvgIpc) is 3.52. The van der Waals surface area contributed by atoms with Gasteiger partial charge in [-0.25, -0.2) is 4.79 Å². The van der Waals surface area contributed by atoms with Gasteiger partial charge in [-0.1, -0.05) is 41.9 Å². The molecule has 2 aromatic carbocycles. The number of benzene rings is 2. The number of piperazine rings is 1. The summed E-state index contributed by atoms with van der Waals surface area (Å²) >= 11 is 6.24. The molecule has 1 N–H and O–H groups in total. The summed E-state index contributed by atoms with van der Waals surface area (Å²) in [5.74, 6) is -1.11. The Morgan fingerprint density at radius 2 is 1.80 bits per heavy atom. The third-order valence-corrected chi connectivity index (χ3v) is 7.50. The zero-order valence-electron chi connectivity index (χ0n) is 22.4. The van der Waals surface area contributed by atoms with E-state index in [1.54, 1.807) is 23.1 Å². The van der Waals surface area contributed by atoms with Crippen molar-refractivity contribution in [1.82, 2.24) is 35.3 Å². The largest absolute Gasteiger partial charge is 0.453 e. The van der Waals surface area contributed by atoms with E-state index in [1.165, 1.54) is 27.9 Å². The van der Waals surface area contributed by atoms with E-state index in [-0.39, 0.29) is 43.3 Å². The van der Waals surface area contributed by atoms with Crippen LogP contribution < -0.4 is 10.2 Å². The summed E-state index contributed by atoms with van der Waals surface area (Å²) in [7, 11) is 1.33. The summed E-state index contributed by atoms with van der Waals surface area (Å²) < 4.78 is 6.17. The topological polar surface area (TPSA) is 143 Å². The Balaban J connectivity index is 1.35. The normalized spacial score (nSPS) is 17.0. The van der Waals surface area contributed by atoms with Crippen molar-refractivity contribution in [2.75, 3.05) is 38.2 Å². The molecule has 1 atom stereocenters. The number of ether oxygens (including phenoxy) is 1. The van der Waals surface area contributed by atoms with Gasteiger partial charge in [0.2, 0.25) is 17.7 Å². The highest BCUT2D eigenvalue weighted by molar-refractivity contribution is 6.31. The molecule has 14 heteroatoms. The molecule has 214 valence electrons. The lowest BCUT2D eigenvalue weighted by molar-refractivity contribution is -0.145. The van der Waals surface area contributed by atoms with Gasteiger partial charge in [-0.3, -0.25) is 19.3 Å². The Morgan fingerprint density at radius 1 is 1.05 bits per heavy atom. The number of piperidine rings is 1. The summed E-state index contributed by atoms with van der Waals surface area (Å²) in [6.07, 6.45) is 2.31. The predicted molar refractivity (Wildman–Crippen MR) is 147 cm³/mol. The lowest BCUT2D eigenvalue weighted by Gasteiger charge is -2.39. The number of carbonyl (C=O) groups is 4. The van der Waals surface area contributed by atoms with Gasteiger partial charge >= 0.3 is 6.09 Å². The minimum atomic E-state index is -0.909. The van der Waals surface area contributed by atoms with E-state index in [2.05, 4.69) is 20.8 Å². The first-order valence-corrected chi connectivity index (χ1v) is 13.5. The third kappa shape index (κ3) is 6.30. The number of hydrogen-bond donors (Lipinski definition) is 1. The minimum absolute atomic E-state index is 0.181. The van der Waals surface area contributed by atoms with Crippen molar-refractivity contribution in [2.45, 2.75) is 31.3 Å². The molecule has 0 bridgehead atoms. The van der Waals surface area contributed by atoms with Gasteiger partial charge in [-0.15, -0.1) is 5.10 Å². The van der Waals surface area contributed by atoms with Crippen LogP contribution in [0.4, 0.5) is 10.5 Å². The quantitative estimate of drug-likeness (QED) is 0.442. The number of hydrogen-bond acceptors (Lipinski definition) is 8. The number of aromatic nitrogens is 4. The van der Waals surface area contributed by atoms with E-state index < -0.39 is 12.1 Å². The summed E-state index contributed by atoms with van der Waals surface area (Å²) in [4.78, 5) is 56.9. The number of nitrogens with one attached hydrogen (secondary N) is 1. The molecular weight excluding hydrogens is 552 g/mol. The molecule has 13 nitrogen and oxygen atoms in total. The van der Waals surface area contributed by atoms with Gasteiger partial charge in [0.1, 0.15) is 25.5 Å². The fourth-order valence-corrected chi connectivity index (χ4v) is 5.30. The summed E-state index contributed by atoms with van der Waals surface area (Å²) in [6.45, 7) is 0.303. The van der Waals surface area contributed by atoms with Gasteiger partial charge < -0.3 is 19.9 Å². The smallest absolute Gasteiger partial charge is 0.409 e. The van der Waals surface area contributed by atoms with Gasteiger partial charge in [0, 0.05) is 30.6 Å². The fourth-order valence-electron chi connectivity index (χ4n) is 5.13. The van der Waals surface area contributed by atoms with E-state index in [0.717, 1.165) is 5.56 Å². The first-order valence-electron chi connectivity index (χ1n) is 13.1. The Labute approximate surface area is 241 Å².